The van der Waals surface area contributed by atoms with E-state index in [4.69, 9.17) is 15.0 Å². The quantitative estimate of drug-likeness (QED) is 0.237. The second-order valence-corrected chi connectivity index (χ2v) is 10.3. The van der Waals surface area contributed by atoms with Crippen molar-refractivity contribution >= 4 is 25.3 Å². The van der Waals surface area contributed by atoms with Crippen molar-refractivity contribution < 1.29 is 14.1 Å². The van der Waals surface area contributed by atoms with Gasteiger partial charge in [-0.05, 0) is 61.8 Å². The maximum atomic E-state index is 11.4. The summed E-state index contributed by atoms with van der Waals surface area (Å²) in [6.07, 6.45) is 1.22. The summed E-state index contributed by atoms with van der Waals surface area (Å²) >= 11 is 1.20. The van der Waals surface area contributed by atoms with Crippen LogP contribution in [0.2, 0.25) is 0 Å². The molecule has 0 fully saturated rings. The highest BCUT2D eigenvalue weighted by atomic mass is 32.2. The van der Waals surface area contributed by atoms with E-state index in [1.54, 1.807) is 0 Å². The minimum atomic E-state index is -0.847. The van der Waals surface area contributed by atoms with Gasteiger partial charge in [-0.1, -0.05) is 11.8 Å². The zero-order valence-electron chi connectivity index (χ0n) is 18.6. The number of ether oxygens (including phenoxy) is 1. The summed E-state index contributed by atoms with van der Waals surface area (Å²) in [5, 5.41) is 0.0892. The van der Waals surface area contributed by atoms with Crippen molar-refractivity contribution in [1.29, 1.82) is 0 Å². The van der Waals surface area contributed by atoms with Crippen LogP contribution in [0, 0.1) is 0 Å². The Morgan fingerprint density at radius 1 is 0.926 bits per heavy atom. The Balaban J connectivity index is 4.63. The number of nitrogens with zero attached hydrogens (tertiary/aromatic N) is 2. The maximum Gasteiger partial charge on any atom is 0.192 e. The fourth-order valence-corrected chi connectivity index (χ4v) is 5.87. The highest BCUT2D eigenvalue weighted by molar-refractivity contribution is 8.13. The first-order chi connectivity index (χ1) is 12.6. The second-order valence-electron chi connectivity index (χ2n) is 7.66. The average molecular weight is 424 g/mol. The first-order valence-electron chi connectivity index (χ1n) is 10.1. The first kappa shape index (κ1) is 27.2. The number of carbonyl (C=O) groups excluding carboxylic acids is 1. The molecule has 0 aliphatic heterocycles. The second kappa shape index (κ2) is 15.1. The molecule has 162 valence electrons. The van der Waals surface area contributed by atoms with Gasteiger partial charge >= 0.3 is 0 Å². The topological polar surface area (TPSA) is 68.0 Å². The lowest BCUT2D eigenvalue weighted by Gasteiger charge is -2.45. The van der Waals surface area contributed by atoms with Crippen molar-refractivity contribution in [2.24, 2.45) is 5.73 Å². The van der Waals surface area contributed by atoms with Gasteiger partial charge in [-0.2, -0.15) is 0 Å². The number of thioether (sulfide) groups is 1. The minimum absolute atomic E-state index is 0.0892. The van der Waals surface area contributed by atoms with Crippen LogP contribution in [0.1, 0.15) is 68.2 Å². The number of hydrogen-bond acceptors (Lipinski definition) is 7. The van der Waals surface area contributed by atoms with Crippen LogP contribution in [-0.2, 0) is 14.1 Å². The van der Waals surface area contributed by atoms with Crippen LogP contribution in [0.5, 0.6) is 0 Å². The average Bonchev–Trinajstić information content (AvgIpc) is 2.52. The van der Waals surface area contributed by atoms with E-state index in [1.807, 2.05) is 0 Å². The van der Waals surface area contributed by atoms with E-state index in [-0.39, 0.29) is 5.12 Å². The van der Waals surface area contributed by atoms with Crippen molar-refractivity contribution in [2.45, 2.75) is 92.4 Å². The van der Waals surface area contributed by atoms with Gasteiger partial charge in [0.05, 0.1) is 12.5 Å². The Morgan fingerprint density at radius 3 is 1.81 bits per heavy atom. The minimum Gasteiger partial charge on any atom is -0.370 e. The summed E-state index contributed by atoms with van der Waals surface area (Å²) in [5.74, 6) is 0.391. The van der Waals surface area contributed by atoms with E-state index >= 15 is 0 Å². The van der Waals surface area contributed by atoms with Gasteiger partial charge in [0.15, 0.2) is 13.6 Å². The Labute approximate surface area is 172 Å². The van der Waals surface area contributed by atoms with Crippen molar-refractivity contribution in [3.63, 3.8) is 0 Å². The monoisotopic (exact) mass is 423 g/mol. The number of rotatable bonds is 15. The third-order valence-electron chi connectivity index (χ3n) is 3.80. The molecule has 0 heterocycles. The molecule has 8 heteroatoms. The van der Waals surface area contributed by atoms with E-state index in [0.29, 0.717) is 56.3 Å². The van der Waals surface area contributed by atoms with E-state index < -0.39 is 8.45 Å². The molecule has 0 aliphatic carbocycles. The van der Waals surface area contributed by atoms with Crippen LogP contribution in [0.25, 0.3) is 0 Å². The molecule has 0 unspecified atom stereocenters. The molecule has 0 radical (unpaired) electrons. The lowest BCUT2D eigenvalue weighted by Crippen LogP contribution is -2.43. The summed E-state index contributed by atoms with van der Waals surface area (Å²) in [7, 11) is -0.847. The number of carbonyl (C=O) groups is 1. The number of nitrogens with two attached hydrogens (primary N) is 1. The van der Waals surface area contributed by atoms with Crippen molar-refractivity contribution in [3.8, 4) is 0 Å². The SMILES string of the molecule is CC(C)N(C(C)C)P(OCCCOCSC(=O)CCN)N(C(C)C)C(C)C. The molecule has 0 saturated carbocycles. The van der Waals surface area contributed by atoms with Crippen LogP contribution >= 0.6 is 20.2 Å². The van der Waals surface area contributed by atoms with Gasteiger partial charge in [0.2, 0.25) is 0 Å². The molecule has 0 saturated heterocycles. The largest absolute Gasteiger partial charge is 0.370 e. The highest BCUT2D eigenvalue weighted by Crippen LogP contribution is 2.50. The summed E-state index contributed by atoms with van der Waals surface area (Å²) in [6.45, 7) is 19.5. The zero-order valence-corrected chi connectivity index (χ0v) is 20.3. The summed E-state index contributed by atoms with van der Waals surface area (Å²) < 4.78 is 16.9. The maximum absolute atomic E-state index is 11.4. The van der Waals surface area contributed by atoms with Crippen molar-refractivity contribution in [1.82, 2.24) is 9.34 Å². The lowest BCUT2D eigenvalue weighted by molar-refractivity contribution is -0.110. The highest BCUT2D eigenvalue weighted by Gasteiger charge is 2.34. The fraction of sp³-hybridized carbons (Fsp3) is 0.947. The van der Waals surface area contributed by atoms with E-state index in [0.717, 1.165) is 6.42 Å². The molecule has 0 aliphatic rings. The van der Waals surface area contributed by atoms with Gasteiger partial charge in [0.25, 0.3) is 0 Å². The molecule has 0 rings (SSSR count). The predicted molar refractivity (Wildman–Crippen MR) is 119 cm³/mol. The summed E-state index contributed by atoms with van der Waals surface area (Å²) in [5.41, 5.74) is 5.36. The van der Waals surface area contributed by atoms with Gasteiger partial charge < -0.3 is 15.0 Å². The molecule has 0 aromatic carbocycles. The third kappa shape index (κ3) is 11.1. The third-order valence-corrected chi connectivity index (χ3v) is 7.66. The van der Waals surface area contributed by atoms with Crippen LogP contribution in [-0.4, -0.2) is 64.3 Å². The molecule has 0 amide bonds. The molecular weight excluding hydrogens is 381 g/mol. The molecular formula is C19H42N3O3PS. The standard InChI is InChI=1S/C19H42N3O3PS/c1-15(2)21(16(3)4)26(22(17(5)6)18(7)8)25-13-9-12-24-14-27-19(23)10-11-20/h15-18H,9-14,20H2,1-8H3. The molecule has 0 bridgehead atoms. The molecule has 6 nitrogen and oxygen atoms in total. The molecule has 27 heavy (non-hydrogen) atoms. The molecule has 0 aromatic heterocycles. The van der Waals surface area contributed by atoms with Crippen LogP contribution in [0.4, 0.5) is 0 Å². The van der Waals surface area contributed by atoms with Gasteiger partial charge in [-0.15, -0.1) is 0 Å². The number of hydrogen-bond donors (Lipinski definition) is 1. The molecule has 0 aromatic rings. The van der Waals surface area contributed by atoms with Crippen LogP contribution in [0.15, 0.2) is 0 Å². The van der Waals surface area contributed by atoms with Gasteiger partial charge in [0.1, 0.15) is 0 Å². The van der Waals surface area contributed by atoms with Gasteiger partial charge in [-0.25, -0.2) is 9.34 Å². The Hall–Kier alpha value is 0.250. The molecule has 0 spiro atoms. The smallest absolute Gasteiger partial charge is 0.192 e. The van der Waals surface area contributed by atoms with E-state index in [1.165, 1.54) is 11.8 Å². The normalized spacial score (nSPS) is 12.7. The zero-order chi connectivity index (χ0) is 21.0. The van der Waals surface area contributed by atoms with Crippen molar-refractivity contribution in [3.05, 3.63) is 0 Å². The summed E-state index contributed by atoms with van der Waals surface area (Å²) in [4.78, 5) is 11.4. The van der Waals surface area contributed by atoms with Gasteiger partial charge in [-0.3, -0.25) is 4.79 Å². The van der Waals surface area contributed by atoms with Gasteiger partial charge in [0, 0.05) is 43.7 Å². The van der Waals surface area contributed by atoms with E-state index in [9.17, 15) is 4.79 Å². The fourth-order valence-electron chi connectivity index (χ4n) is 2.90. The summed E-state index contributed by atoms with van der Waals surface area (Å²) in [6, 6.07) is 1.66. The van der Waals surface area contributed by atoms with Crippen LogP contribution < -0.4 is 5.73 Å². The Kier molecular flexibility index (Phi) is 15.3. The van der Waals surface area contributed by atoms with E-state index in [2.05, 4.69) is 64.7 Å². The Bertz CT molecular complexity index is 362. The predicted octanol–water partition coefficient (Wildman–Crippen LogP) is 4.44. The molecule has 0 atom stereocenters. The lowest BCUT2D eigenvalue weighted by atomic mass is 10.3. The van der Waals surface area contributed by atoms with Crippen molar-refractivity contribution in [2.75, 3.05) is 25.7 Å². The first-order valence-corrected chi connectivity index (χ1v) is 12.2. The Morgan fingerprint density at radius 2 is 1.41 bits per heavy atom. The molecule has 2 N–H and O–H groups in total. The van der Waals surface area contributed by atoms with Crippen LogP contribution in [0.3, 0.4) is 0 Å².